The van der Waals surface area contributed by atoms with Crippen LogP contribution in [0.25, 0.3) is 11.3 Å². The molecule has 2 nitrogen and oxygen atoms in total. The fourth-order valence-corrected chi connectivity index (χ4v) is 2.49. The van der Waals surface area contributed by atoms with Crippen LogP contribution in [0.4, 0.5) is 13.2 Å². The zero-order valence-electron chi connectivity index (χ0n) is 10.5. The molecule has 1 heterocycles. The minimum absolute atomic E-state index is 0.367. The van der Waals surface area contributed by atoms with Crippen LogP contribution in [0.2, 0.25) is 0 Å². The summed E-state index contributed by atoms with van der Waals surface area (Å²) >= 11 is 1.81. The smallest absolute Gasteiger partial charge is 0.264 e. The summed E-state index contributed by atoms with van der Waals surface area (Å²) in [6.45, 7) is 0.995. The Morgan fingerprint density at radius 1 is 1.25 bits per heavy atom. The fraction of sp³-hybridized carbons (Fsp3) is 0.214. The van der Waals surface area contributed by atoms with Crippen molar-refractivity contribution in [2.75, 3.05) is 0 Å². The molecule has 1 aromatic carbocycles. The summed E-state index contributed by atoms with van der Waals surface area (Å²) in [5, 5.41) is 0. The lowest BCUT2D eigenvalue weighted by molar-refractivity contribution is 0.125. The van der Waals surface area contributed by atoms with Gasteiger partial charge in [-0.15, -0.1) is 0 Å². The summed E-state index contributed by atoms with van der Waals surface area (Å²) in [6, 6.07) is 7.23. The van der Waals surface area contributed by atoms with E-state index in [4.69, 9.17) is 0 Å². The molecule has 0 aliphatic carbocycles. The van der Waals surface area contributed by atoms with Crippen molar-refractivity contribution in [2.24, 2.45) is 0 Å². The molecule has 0 bridgehead atoms. The molecule has 0 unspecified atom stereocenters. The first kappa shape index (κ1) is 15.1. The van der Waals surface area contributed by atoms with Crippen LogP contribution in [0.5, 0.6) is 0 Å². The average Bonchev–Trinajstić information content (AvgIpc) is 2.36. The molecule has 0 amide bonds. The maximum atomic E-state index is 13.1. The molecule has 0 saturated carbocycles. The molecular formula is C14H11F3INO. The molecule has 106 valence electrons. The van der Waals surface area contributed by atoms with Crippen molar-refractivity contribution in [2.45, 2.75) is 19.9 Å². The molecule has 0 aliphatic rings. The summed E-state index contributed by atoms with van der Waals surface area (Å²) in [4.78, 5) is 12.0. The van der Waals surface area contributed by atoms with Gasteiger partial charge in [0.05, 0.1) is 15.8 Å². The van der Waals surface area contributed by atoms with Crippen molar-refractivity contribution in [3.63, 3.8) is 0 Å². The van der Waals surface area contributed by atoms with Crippen LogP contribution < -0.4 is 5.56 Å². The Hall–Kier alpha value is -1.31. The van der Waals surface area contributed by atoms with Crippen molar-refractivity contribution in [3.05, 3.63) is 55.6 Å². The van der Waals surface area contributed by atoms with E-state index in [0.29, 0.717) is 20.4 Å². The van der Waals surface area contributed by atoms with Gasteiger partial charge in [0.1, 0.15) is 5.82 Å². The molecule has 0 saturated heterocycles. The van der Waals surface area contributed by atoms with Gasteiger partial charge in [-0.2, -0.15) is 0 Å². The van der Waals surface area contributed by atoms with Gasteiger partial charge < -0.3 is 4.57 Å². The van der Waals surface area contributed by atoms with Crippen LogP contribution in [0.1, 0.15) is 5.56 Å². The van der Waals surface area contributed by atoms with E-state index in [9.17, 15) is 18.0 Å². The van der Waals surface area contributed by atoms with Gasteiger partial charge in [-0.1, -0.05) is 0 Å². The van der Waals surface area contributed by atoms with Gasteiger partial charge in [-0.05, 0) is 65.4 Å². The number of aryl methyl sites for hydroxylation is 1. The third-order valence-corrected chi connectivity index (χ3v) is 3.73. The first-order valence-electron chi connectivity index (χ1n) is 5.84. The van der Waals surface area contributed by atoms with Crippen molar-refractivity contribution in [3.8, 4) is 11.3 Å². The Morgan fingerprint density at radius 3 is 2.55 bits per heavy atom. The molecule has 0 atom stereocenters. The predicted molar refractivity (Wildman–Crippen MR) is 79.6 cm³/mol. The molecule has 0 radical (unpaired) electrons. The third kappa shape index (κ3) is 3.05. The van der Waals surface area contributed by atoms with Crippen LogP contribution in [0.3, 0.4) is 0 Å². The highest BCUT2D eigenvalue weighted by molar-refractivity contribution is 14.1. The number of aromatic nitrogens is 1. The molecule has 0 fully saturated rings. The number of hydrogen-bond acceptors (Lipinski definition) is 1. The van der Waals surface area contributed by atoms with E-state index in [1.807, 2.05) is 22.6 Å². The van der Waals surface area contributed by atoms with E-state index in [1.165, 1.54) is 18.2 Å². The summed E-state index contributed by atoms with van der Waals surface area (Å²) in [6.07, 6.45) is -2.63. The molecular weight excluding hydrogens is 382 g/mol. The van der Waals surface area contributed by atoms with Gasteiger partial charge in [0.2, 0.25) is 0 Å². The molecule has 0 spiro atoms. The molecule has 6 heteroatoms. The highest BCUT2D eigenvalue weighted by Gasteiger charge is 2.15. The van der Waals surface area contributed by atoms with Gasteiger partial charge in [0, 0.05) is 5.56 Å². The minimum atomic E-state index is -2.63. The SMILES string of the molecule is Cc1cc(F)ccc1-c1ccc(I)c(=O)n1CC(F)F. The van der Waals surface area contributed by atoms with Crippen molar-refractivity contribution in [1.82, 2.24) is 4.57 Å². The topological polar surface area (TPSA) is 22.0 Å². The van der Waals surface area contributed by atoms with E-state index in [0.717, 1.165) is 4.57 Å². The molecule has 0 N–H and O–H groups in total. The summed E-state index contributed by atoms with van der Waals surface area (Å²) < 4.78 is 39.9. The van der Waals surface area contributed by atoms with Crippen LogP contribution in [0, 0.1) is 16.3 Å². The van der Waals surface area contributed by atoms with Crippen LogP contribution in [0.15, 0.2) is 35.1 Å². The second kappa shape index (κ2) is 5.99. The zero-order chi connectivity index (χ0) is 14.9. The lowest BCUT2D eigenvalue weighted by Crippen LogP contribution is -2.26. The van der Waals surface area contributed by atoms with E-state index >= 15 is 0 Å². The molecule has 2 rings (SSSR count). The Labute approximate surface area is 127 Å². The van der Waals surface area contributed by atoms with Gasteiger partial charge in [0.25, 0.3) is 12.0 Å². The largest absolute Gasteiger partial charge is 0.302 e. The van der Waals surface area contributed by atoms with Crippen LogP contribution in [-0.2, 0) is 6.54 Å². The third-order valence-electron chi connectivity index (χ3n) is 2.91. The van der Waals surface area contributed by atoms with E-state index < -0.39 is 24.3 Å². The summed E-state index contributed by atoms with van der Waals surface area (Å²) in [5.41, 5.74) is 1.06. The maximum Gasteiger partial charge on any atom is 0.264 e. The predicted octanol–water partition coefficient (Wildman–Crippen LogP) is 3.83. The summed E-state index contributed by atoms with van der Waals surface area (Å²) in [7, 11) is 0. The number of alkyl halides is 2. The maximum absolute atomic E-state index is 13.1. The van der Waals surface area contributed by atoms with Gasteiger partial charge in [-0.25, -0.2) is 13.2 Å². The second-order valence-electron chi connectivity index (χ2n) is 4.33. The first-order valence-corrected chi connectivity index (χ1v) is 6.92. The number of nitrogens with zero attached hydrogens (tertiary/aromatic N) is 1. The second-order valence-corrected chi connectivity index (χ2v) is 5.49. The number of benzene rings is 1. The van der Waals surface area contributed by atoms with Gasteiger partial charge in [0.15, 0.2) is 0 Å². The Morgan fingerprint density at radius 2 is 1.95 bits per heavy atom. The van der Waals surface area contributed by atoms with Crippen LogP contribution in [-0.4, -0.2) is 11.0 Å². The van der Waals surface area contributed by atoms with Crippen molar-refractivity contribution >= 4 is 22.6 Å². The Bertz CT molecular complexity index is 697. The fourth-order valence-electron chi connectivity index (χ4n) is 2.02. The average molecular weight is 393 g/mol. The molecule has 20 heavy (non-hydrogen) atoms. The van der Waals surface area contributed by atoms with E-state index in [-0.39, 0.29) is 0 Å². The lowest BCUT2D eigenvalue weighted by Gasteiger charge is -2.15. The van der Waals surface area contributed by atoms with E-state index in [2.05, 4.69) is 0 Å². The number of pyridine rings is 1. The highest BCUT2D eigenvalue weighted by atomic mass is 127. The number of rotatable bonds is 3. The monoisotopic (exact) mass is 393 g/mol. The van der Waals surface area contributed by atoms with Crippen molar-refractivity contribution < 1.29 is 13.2 Å². The normalized spacial score (nSPS) is 11.1. The van der Waals surface area contributed by atoms with Crippen LogP contribution >= 0.6 is 22.6 Å². The zero-order valence-corrected chi connectivity index (χ0v) is 12.7. The number of halogens is 4. The van der Waals surface area contributed by atoms with Gasteiger partial charge >= 0.3 is 0 Å². The molecule has 0 aliphatic heterocycles. The van der Waals surface area contributed by atoms with E-state index in [1.54, 1.807) is 19.1 Å². The van der Waals surface area contributed by atoms with Gasteiger partial charge in [-0.3, -0.25) is 4.79 Å². The quantitative estimate of drug-likeness (QED) is 0.727. The Balaban J connectivity index is 2.67. The lowest BCUT2D eigenvalue weighted by atomic mass is 10.0. The summed E-state index contributed by atoms with van der Waals surface area (Å²) in [5.74, 6) is -0.403. The molecule has 2 aromatic rings. The molecule has 1 aromatic heterocycles. The first-order chi connectivity index (χ1) is 9.40. The highest BCUT2D eigenvalue weighted by Crippen LogP contribution is 2.24. The Kier molecular flexibility index (Phi) is 4.52. The van der Waals surface area contributed by atoms with Crippen molar-refractivity contribution in [1.29, 1.82) is 0 Å². The number of hydrogen-bond donors (Lipinski definition) is 0. The standard InChI is InChI=1S/C14H11F3INO/c1-8-6-9(15)2-3-10(8)12-5-4-11(18)14(20)19(12)7-13(16)17/h2-6,13H,7H2,1H3. The minimum Gasteiger partial charge on any atom is -0.302 e.